The molecule has 25 heavy (non-hydrogen) atoms. The molecule has 2 fully saturated rings. The number of rotatable bonds is 4. The Morgan fingerprint density at radius 1 is 1.08 bits per heavy atom. The van der Waals surface area contributed by atoms with Gasteiger partial charge in [0.2, 0.25) is 5.91 Å². The monoisotopic (exact) mass is 345 g/mol. The number of piperidine rings is 1. The van der Waals surface area contributed by atoms with Crippen molar-refractivity contribution in [1.82, 2.24) is 15.1 Å². The third-order valence-corrected chi connectivity index (χ3v) is 5.09. The Labute approximate surface area is 148 Å². The van der Waals surface area contributed by atoms with E-state index < -0.39 is 6.10 Å². The van der Waals surface area contributed by atoms with Crippen molar-refractivity contribution in [2.45, 2.75) is 31.8 Å². The molecule has 2 aliphatic heterocycles. The Hall–Kier alpha value is -2.08. The van der Waals surface area contributed by atoms with Gasteiger partial charge in [-0.1, -0.05) is 30.3 Å². The summed E-state index contributed by atoms with van der Waals surface area (Å²) in [7, 11) is 0. The molecule has 2 saturated heterocycles. The average Bonchev–Trinajstić information content (AvgIpc) is 3.20. The van der Waals surface area contributed by atoms with Crippen LogP contribution >= 0.6 is 0 Å². The van der Waals surface area contributed by atoms with Gasteiger partial charge < -0.3 is 20.2 Å². The second-order valence-electron chi connectivity index (χ2n) is 6.93. The third kappa shape index (κ3) is 4.51. The lowest BCUT2D eigenvalue weighted by Crippen LogP contribution is -2.49. The van der Waals surface area contributed by atoms with E-state index in [1.165, 1.54) is 0 Å². The van der Waals surface area contributed by atoms with Gasteiger partial charge >= 0.3 is 6.03 Å². The van der Waals surface area contributed by atoms with Gasteiger partial charge in [-0.25, -0.2) is 4.79 Å². The number of hydrogen-bond donors (Lipinski definition) is 2. The Kier molecular flexibility index (Phi) is 5.91. The molecular weight excluding hydrogens is 318 g/mol. The number of aliphatic hydroxyl groups is 1. The zero-order valence-electron chi connectivity index (χ0n) is 14.6. The first-order chi connectivity index (χ1) is 12.1. The molecule has 1 aromatic rings. The summed E-state index contributed by atoms with van der Waals surface area (Å²) in [4.78, 5) is 28.6. The molecule has 2 heterocycles. The minimum Gasteiger partial charge on any atom is -0.387 e. The summed E-state index contributed by atoms with van der Waals surface area (Å²) in [5.74, 6) is -0.267. The number of urea groups is 1. The lowest BCUT2D eigenvalue weighted by Gasteiger charge is -2.34. The second-order valence-corrected chi connectivity index (χ2v) is 6.93. The zero-order chi connectivity index (χ0) is 17.6. The van der Waals surface area contributed by atoms with Gasteiger partial charge in [-0.3, -0.25) is 4.79 Å². The van der Waals surface area contributed by atoms with Crippen LogP contribution in [-0.2, 0) is 4.79 Å². The van der Waals surface area contributed by atoms with Crippen LogP contribution in [0.25, 0.3) is 0 Å². The van der Waals surface area contributed by atoms with E-state index in [4.69, 9.17) is 0 Å². The highest BCUT2D eigenvalue weighted by molar-refractivity contribution is 5.81. The SMILES string of the molecule is O=C(NCC(O)c1ccccc1)C1CCCN(C(=O)N2CCCC2)C1. The fourth-order valence-corrected chi connectivity index (χ4v) is 3.61. The lowest BCUT2D eigenvalue weighted by atomic mass is 9.97. The van der Waals surface area contributed by atoms with Crippen LogP contribution in [0.3, 0.4) is 0 Å². The highest BCUT2D eigenvalue weighted by atomic mass is 16.3. The number of nitrogens with one attached hydrogen (secondary N) is 1. The molecular formula is C19H27N3O3. The maximum absolute atomic E-state index is 12.5. The van der Waals surface area contributed by atoms with Crippen LogP contribution in [0.1, 0.15) is 37.4 Å². The van der Waals surface area contributed by atoms with E-state index in [1.54, 1.807) is 0 Å². The predicted octanol–water partition coefficient (Wildman–Crippen LogP) is 1.76. The van der Waals surface area contributed by atoms with E-state index in [9.17, 15) is 14.7 Å². The molecule has 0 radical (unpaired) electrons. The fraction of sp³-hybridized carbons (Fsp3) is 0.579. The molecule has 3 rings (SSSR count). The highest BCUT2D eigenvalue weighted by Crippen LogP contribution is 2.20. The molecule has 1 aromatic carbocycles. The number of benzene rings is 1. The molecule has 0 spiro atoms. The van der Waals surface area contributed by atoms with Crippen molar-refractivity contribution in [3.8, 4) is 0 Å². The quantitative estimate of drug-likeness (QED) is 0.873. The van der Waals surface area contributed by atoms with Gasteiger partial charge in [0.15, 0.2) is 0 Å². The van der Waals surface area contributed by atoms with Gasteiger partial charge in [0.1, 0.15) is 0 Å². The summed E-state index contributed by atoms with van der Waals surface area (Å²) in [6, 6.07) is 9.37. The number of carbonyl (C=O) groups is 2. The molecule has 3 amide bonds. The van der Waals surface area contributed by atoms with Crippen molar-refractivity contribution in [3.05, 3.63) is 35.9 Å². The fourth-order valence-electron chi connectivity index (χ4n) is 3.61. The molecule has 2 atom stereocenters. The van der Waals surface area contributed by atoms with E-state index in [-0.39, 0.29) is 24.4 Å². The number of hydrogen-bond acceptors (Lipinski definition) is 3. The van der Waals surface area contributed by atoms with Gasteiger partial charge in [-0.05, 0) is 31.2 Å². The summed E-state index contributed by atoms with van der Waals surface area (Å²) in [6.07, 6.45) is 3.06. The van der Waals surface area contributed by atoms with Crippen LogP contribution in [0, 0.1) is 5.92 Å². The molecule has 0 aliphatic carbocycles. The van der Waals surface area contributed by atoms with E-state index in [1.807, 2.05) is 40.1 Å². The first kappa shape index (κ1) is 17.7. The van der Waals surface area contributed by atoms with Crippen LogP contribution in [0.15, 0.2) is 30.3 Å². The minimum absolute atomic E-state index is 0.0688. The molecule has 0 aromatic heterocycles. The van der Waals surface area contributed by atoms with Crippen molar-refractivity contribution in [1.29, 1.82) is 0 Å². The van der Waals surface area contributed by atoms with Crippen LogP contribution in [0.5, 0.6) is 0 Å². The van der Waals surface area contributed by atoms with Crippen molar-refractivity contribution >= 4 is 11.9 Å². The molecule has 136 valence electrons. The topological polar surface area (TPSA) is 72.9 Å². The second kappa shape index (κ2) is 8.34. The van der Waals surface area contributed by atoms with Crippen molar-refractivity contribution in [3.63, 3.8) is 0 Å². The first-order valence-electron chi connectivity index (χ1n) is 9.19. The smallest absolute Gasteiger partial charge is 0.320 e. The summed E-state index contributed by atoms with van der Waals surface area (Å²) in [5, 5.41) is 13.0. The largest absolute Gasteiger partial charge is 0.387 e. The van der Waals surface area contributed by atoms with Gasteiger partial charge in [0.25, 0.3) is 0 Å². The minimum atomic E-state index is -0.712. The number of aliphatic hydroxyl groups excluding tert-OH is 1. The summed E-state index contributed by atoms with van der Waals surface area (Å²) < 4.78 is 0. The maximum atomic E-state index is 12.5. The Balaban J connectivity index is 1.49. The molecule has 2 unspecified atom stereocenters. The van der Waals surface area contributed by atoms with Crippen molar-refractivity contribution < 1.29 is 14.7 Å². The standard InChI is InChI=1S/C19H27N3O3/c23-17(15-7-2-1-3-8-15)13-20-18(24)16-9-6-12-22(14-16)19(25)21-10-4-5-11-21/h1-3,7-8,16-17,23H,4-6,9-14H2,(H,20,24). The number of carbonyl (C=O) groups excluding carboxylic acids is 2. The van der Waals surface area contributed by atoms with Gasteiger partial charge in [-0.15, -0.1) is 0 Å². The zero-order valence-corrected chi connectivity index (χ0v) is 14.6. The van der Waals surface area contributed by atoms with Crippen molar-refractivity contribution in [2.75, 3.05) is 32.7 Å². The Morgan fingerprint density at radius 3 is 2.48 bits per heavy atom. The van der Waals surface area contributed by atoms with Crippen LogP contribution in [-0.4, -0.2) is 59.6 Å². The maximum Gasteiger partial charge on any atom is 0.320 e. The van der Waals surface area contributed by atoms with E-state index in [0.29, 0.717) is 6.54 Å². The summed E-state index contributed by atoms with van der Waals surface area (Å²) in [5.41, 5.74) is 0.789. The number of amides is 3. The van der Waals surface area contributed by atoms with Gasteiger partial charge in [-0.2, -0.15) is 0 Å². The van der Waals surface area contributed by atoms with E-state index >= 15 is 0 Å². The average molecular weight is 345 g/mol. The molecule has 0 bridgehead atoms. The Morgan fingerprint density at radius 2 is 1.76 bits per heavy atom. The van der Waals surface area contributed by atoms with Crippen molar-refractivity contribution in [2.24, 2.45) is 5.92 Å². The van der Waals surface area contributed by atoms with Crippen LogP contribution in [0.4, 0.5) is 4.79 Å². The van der Waals surface area contributed by atoms with Crippen LogP contribution < -0.4 is 5.32 Å². The third-order valence-electron chi connectivity index (χ3n) is 5.09. The van der Waals surface area contributed by atoms with E-state index in [2.05, 4.69) is 5.32 Å². The first-order valence-corrected chi connectivity index (χ1v) is 9.19. The van der Waals surface area contributed by atoms with Gasteiger partial charge in [0.05, 0.1) is 12.0 Å². The summed E-state index contributed by atoms with van der Waals surface area (Å²) in [6.45, 7) is 3.05. The Bertz CT molecular complexity index is 587. The van der Waals surface area contributed by atoms with Gasteiger partial charge in [0, 0.05) is 32.7 Å². The van der Waals surface area contributed by atoms with Crippen LogP contribution in [0.2, 0.25) is 0 Å². The molecule has 6 nitrogen and oxygen atoms in total. The predicted molar refractivity (Wildman–Crippen MR) is 94.9 cm³/mol. The number of nitrogens with zero attached hydrogens (tertiary/aromatic N) is 2. The molecule has 6 heteroatoms. The lowest BCUT2D eigenvalue weighted by molar-refractivity contribution is -0.126. The number of likely N-dealkylation sites (tertiary alicyclic amines) is 2. The molecule has 2 aliphatic rings. The molecule has 0 saturated carbocycles. The van der Waals surface area contributed by atoms with E-state index in [0.717, 1.165) is 50.9 Å². The summed E-state index contributed by atoms with van der Waals surface area (Å²) >= 11 is 0. The highest BCUT2D eigenvalue weighted by Gasteiger charge is 2.31. The normalized spacial score (nSPS) is 21.9. The molecule has 2 N–H and O–H groups in total.